The van der Waals surface area contributed by atoms with Crippen LogP contribution in [0.5, 0.6) is 0 Å². The van der Waals surface area contributed by atoms with E-state index < -0.39 is 0 Å². The molecule has 0 saturated carbocycles. The van der Waals surface area contributed by atoms with Gasteiger partial charge in [-0.15, -0.1) is 0 Å². The zero-order valence-electron chi connectivity index (χ0n) is 85.9. The first-order valence-electron chi connectivity index (χ1n) is 55.4. The molecule has 6 heterocycles. The van der Waals surface area contributed by atoms with Gasteiger partial charge in [-0.25, -0.2) is 0 Å². The molecule has 732 valence electrons. The highest BCUT2D eigenvalue weighted by atomic mass is 32.1. The van der Waals surface area contributed by atoms with Gasteiger partial charge in [-0.2, -0.15) is 26.2 Å². The van der Waals surface area contributed by atoms with Crippen molar-refractivity contribution in [2.45, 2.75) is 250 Å². The summed E-state index contributed by atoms with van der Waals surface area (Å²) in [5.74, 6) is 0. The van der Waals surface area contributed by atoms with Crippen LogP contribution in [-0.4, -0.2) is 39.9 Å². The van der Waals surface area contributed by atoms with Crippen LogP contribution in [0.3, 0.4) is 0 Å². The van der Waals surface area contributed by atoms with Crippen molar-refractivity contribution in [3.05, 3.63) is 343 Å². The van der Waals surface area contributed by atoms with Gasteiger partial charge in [-0.05, 0) is 230 Å². The molecule has 0 radical (unpaired) electrons. The maximum atomic E-state index is 5.46. The fourth-order valence-corrected chi connectivity index (χ4v) is 29.2. The lowest BCUT2D eigenvalue weighted by atomic mass is 9.63. The maximum absolute atomic E-state index is 5.46. The molecule has 16 aromatic carbocycles. The van der Waals surface area contributed by atoms with Gasteiger partial charge < -0.3 is 13.7 Å². The summed E-state index contributed by atoms with van der Waals surface area (Å²) in [6.45, 7) is 14.5. The van der Waals surface area contributed by atoms with E-state index in [1.54, 1.807) is 33.4 Å². The van der Waals surface area contributed by atoms with Gasteiger partial charge in [0.2, 0.25) is 0 Å². The number of para-hydroxylation sites is 6. The van der Waals surface area contributed by atoms with E-state index in [1.165, 1.54) is 266 Å². The summed E-state index contributed by atoms with van der Waals surface area (Å²) >= 11 is 4.05. The first-order valence-corrected chi connectivity index (χ1v) is 57.6. The van der Waals surface area contributed by atoms with Crippen molar-refractivity contribution in [3.8, 4) is 117 Å². The molecule has 9 nitrogen and oxygen atoms in total. The van der Waals surface area contributed by atoms with E-state index >= 15 is 0 Å². The smallest absolute Gasteiger partial charge is 0.113 e. The van der Waals surface area contributed by atoms with Crippen molar-refractivity contribution < 1.29 is 0 Å². The molecule has 0 N–H and O–H groups in total. The van der Waals surface area contributed by atoms with E-state index in [0.29, 0.717) is 0 Å². The van der Waals surface area contributed by atoms with Crippen LogP contribution in [-0.2, 0) is 16.2 Å². The van der Waals surface area contributed by atoms with Gasteiger partial charge >= 0.3 is 0 Å². The highest BCUT2D eigenvalue weighted by Crippen LogP contribution is 2.73. The number of hydrogen-bond donors (Lipinski definition) is 0. The number of rotatable bonds is 39. The molecule has 0 bridgehead atoms. The minimum absolute atomic E-state index is 0.360. The predicted molar refractivity (Wildman–Crippen MR) is 626 cm³/mol. The van der Waals surface area contributed by atoms with Gasteiger partial charge in [-0.1, -0.05) is 414 Å². The van der Waals surface area contributed by atoms with Crippen molar-refractivity contribution in [1.29, 1.82) is 0 Å². The molecule has 6 aromatic heterocycles. The van der Waals surface area contributed by atoms with Gasteiger partial charge in [-0.3, -0.25) is 0 Å². The second kappa shape index (κ2) is 40.2. The van der Waals surface area contributed by atoms with Crippen LogP contribution in [0.25, 0.3) is 216 Å². The zero-order valence-corrected chi connectivity index (χ0v) is 88.4. The van der Waals surface area contributed by atoms with E-state index in [1.807, 2.05) is 0 Å². The van der Waals surface area contributed by atoms with Crippen LogP contribution < -0.4 is 0 Å². The van der Waals surface area contributed by atoms with Gasteiger partial charge in [0.05, 0.1) is 68.3 Å². The Bertz CT molecular complexity index is 7710. The summed E-state index contributed by atoms with van der Waals surface area (Å²) in [6, 6.07) is 119. The summed E-state index contributed by atoms with van der Waals surface area (Å²) in [5, 5.41) is 7.56. The minimum atomic E-state index is -0.360. The molecule has 3 aliphatic carbocycles. The molecule has 0 spiro atoms. The molecule has 3 aliphatic rings. The van der Waals surface area contributed by atoms with Crippen LogP contribution in [0.4, 0.5) is 0 Å². The first-order chi connectivity index (χ1) is 72.7. The SMILES string of the molecule is CCCCCCC1(CCCCCC)c2ccc(-c3ccc(-c4ccc(-n5c6ccccc6c6ccccc65)cc4)c4nsnc34)cc2-c2c1c1c(c3c2C(CCCCCC)(CCCCCC)c2ccc(-c4ccc(-c5ccc(-n6c7ccccc7c7ccccc76)cc5)c5nsnc45)cc2-3)C(CCCCCC)(CCCCCC)c2ccc(-c3ccc(-c4ccc(-n5c6ccccc6c6ccccc65)cc4)c4nsnc34)cc2-1. The summed E-state index contributed by atoms with van der Waals surface area (Å²) in [4.78, 5) is 0. The predicted octanol–water partition coefficient (Wildman–Crippen LogP) is 39.6. The summed E-state index contributed by atoms with van der Waals surface area (Å²) in [7, 11) is 0. The number of aromatic nitrogens is 9. The Morgan fingerprint density at radius 1 is 0.190 bits per heavy atom. The van der Waals surface area contributed by atoms with E-state index in [4.69, 9.17) is 26.2 Å². The average molecular weight is 1970 g/mol. The maximum Gasteiger partial charge on any atom is 0.113 e. The molecule has 0 aliphatic heterocycles. The van der Waals surface area contributed by atoms with Crippen molar-refractivity contribution >= 4 is 134 Å². The molecule has 12 heteroatoms. The summed E-state index contributed by atoms with van der Waals surface area (Å²) < 4.78 is 39.7. The Morgan fingerprint density at radius 2 is 0.381 bits per heavy atom. The lowest BCUT2D eigenvalue weighted by Crippen LogP contribution is -2.31. The third-order valence-electron chi connectivity index (χ3n) is 34.3. The molecule has 0 fully saturated rings. The van der Waals surface area contributed by atoms with E-state index in [0.717, 1.165) is 177 Å². The highest BCUT2D eigenvalue weighted by molar-refractivity contribution is 7.00. The lowest BCUT2D eigenvalue weighted by Gasteiger charge is -2.39. The number of hydrogen-bond acceptors (Lipinski definition) is 9. The van der Waals surface area contributed by atoms with Gasteiger partial charge in [0.25, 0.3) is 0 Å². The third-order valence-corrected chi connectivity index (χ3v) is 35.9. The molecular weight excluding hydrogens is 1840 g/mol. The van der Waals surface area contributed by atoms with E-state index in [-0.39, 0.29) is 16.2 Å². The summed E-state index contributed by atoms with van der Waals surface area (Å²) in [5.41, 5.74) is 47.5. The highest BCUT2D eigenvalue weighted by Gasteiger charge is 2.58. The van der Waals surface area contributed by atoms with Crippen molar-refractivity contribution in [2.24, 2.45) is 0 Å². The Hall–Kier alpha value is -13.6. The normalized spacial score (nSPS) is 13.7. The standard InChI is InChI=1S/C135H129N9S3/c1-7-13-19-37-79-133(80-38-20-14-8-2)112-76-61-91(100-73-70-97(127-130(100)139-145-136-127)88-55-64-94(65-56-88)142-115-49-31-25-43-103(115)104-44-26-32-50-116(104)142)85-109(112)121-124(133)122-110-86-92(101-74-71-98(128-131(101)140-146-137-128)89-57-66-95(67-58-89)143-117-51-33-27-45-105(117)106-46-28-34-52-118(106)143)62-77-113(110)134(81-39-21-15-9-3,82-40-22-16-10-4)126(122)123-111-87-93(63-78-114(111)135(125(121)123,83-41-23-17-11-5)84-42-24-18-12-6)102-75-72-99(129-132(102)141-147-138-129)90-59-68-96(69-60-90)144-119-53-35-29-47-107(119)108-48-30-36-54-120(108)144/h25-36,43-78,85-87H,7-24,37-42,79-84H2,1-6H3. The molecule has 25 rings (SSSR count). The molecule has 0 unspecified atom stereocenters. The van der Waals surface area contributed by atoms with Crippen LogP contribution in [0.15, 0.2) is 309 Å². The quantitative estimate of drug-likeness (QED) is 0.0357. The zero-order chi connectivity index (χ0) is 98.9. The molecule has 147 heavy (non-hydrogen) atoms. The van der Waals surface area contributed by atoms with Crippen molar-refractivity contribution in [1.82, 2.24) is 39.9 Å². The minimum Gasteiger partial charge on any atom is -0.309 e. The average Bonchev–Trinajstić information content (AvgIpc) is 1.47. The fraction of sp³-hybridized carbons (Fsp3) is 0.289. The second-order valence-corrected chi connectivity index (χ2v) is 44.3. The molecule has 0 saturated heterocycles. The van der Waals surface area contributed by atoms with Crippen molar-refractivity contribution in [2.75, 3.05) is 0 Å². The summed E-state index contributed by atoms with van der Waals surface area (Å²) in [6.07, 6.45) is 34.8. The number of fused-ring (bicyclic) bond motifs is 24. The van der Waals surface area contributed by atoms with Crippen molar-refractivity contribution in [3.63, 3.8) is 0 Å². The van der Waals surface area contributed by atoms with Crippen LogP contribution >= 0.6 is 35.2 Å². The van der Waals surface area contributed by atoms with E-state index in [2.05, 4.69) is 365 Å². The lowest BCUT2D eigenvalue weighted by molar-refractivity contribution is 0.389. The van der Waals surface area contributed by atoms with E-state index in [9.17, 15) is 0 Å². The Kier molecular flexibility index (Phi) is 25.8. The fourth-order valence-electron chi connectivity index (χ4n) is 27.4. The Morgan fingerprint density at radius 3 is 0.585 bits per heavy atom. The Balaban J connectivity index is 0.738. The van der Waals surface area contributed by atoms with Crippen LogP contribution in [0, 0.1) is 0 Å². The van der Waals surface area contributed by atoms with Crippen LogP contribution in [0.2, 0.25) is 0 Å². The van der Waals surface area contributed by atoms with Crippen LogP contribution in [0.1, 0.15) is 268 Å². The monoisotopic (exact) mass is 1970 g/mol. The third kappa shape index (κ3) is 15.9. The number of nitrogens with zero attached hydrogens (tertiary/aromatic N) is 9. The van der Waals surface area contributed by atoms with Gasteiger partial charge in [0, 0.05) is 99.0 Å². The molecule has 22 aromatic rings. The Labute approximate surface area is 877 Å². The molecule has 0 amide bonds. The molecule has 0 atom stereocenters. The number of unbranched alkanes of at least 4 members (excludes halogenated alkanes) is 18. The first kappa shape index (κ1) is 94.4. The topological polar surface area (TPSA) is 92.1 Å². The van der Waals surface area contributed by atoms with Gasteiger partial charge in [0.1, 0.15) is 33.1 Å². The molecular formula is C135H129N9S3. The number of benzene rings is 16. The van der Waals surface area contributed by atoms with Gasteiger partial charge in [0.15, 0.2) is 0 Å². The largest absolute Gasteiger partial charge is 0.309 e. The second-order valence-electron chi connectivity index (χ2n) is 42.8.